The van der Waals surface area contributed by atoms with Gasteiger partial charge in [0.2, 0.25) is 0 Å². The number of ketones is 3. The van der Waals surface area contributed by atoms with Crippen molar-refractivity contribution in [1.29, 1.82) is 0 Å². The molecule has 4 aromatic rings. The Hall–Kier alpha value is -4.51. The van der Waals surface area contributed by atoms with Gasteiger partial charge in [0.05, 0.1) is 22.5 Å². The Morgan fingerprint density at radius 1 is 0.618 bits per heavy atom. The van der Waals surface area contributed by atoms with Gasteiger partial charge >= 0.3 is 0 Å². The van der Waals surface area contributed by atoms with E-state index < -0.39 is 0 Å². The van der Waals surface area contributed by atoms with Crippen molar-refractivity contribution >= 4 is 40.1 Å². The third-order valence-corrected chi connectivity index (χ3v) is 5.98. The van der Waals surface area contributed by atoms with Crippen molar-refractivity contribution in [3.8, 4) is 0 Å². The summed E-state index contributed by atoms with van der Waals surface area (Å²) in [4.78, 5) is 38.8. The normalized spacial score (nSPS) is 12.1. The minimum atomic E-state index is -0.208. The molecule has 5 heteroatoms. The molecule has 0 radical (unpaired) electrons. The lowest BCUT2D eigenvalue weighted by Gasteiger charge is -2.24. The standard InChI is InChI=1S/C29H22N2O3/c1-17-7-11-20(12-8-17)30-24-15-16-25(31-21-13-9-19(10-14-21)18(2)32)27-26(24)28(33)22-5-3-4-6-23(22)29(27)34/h3-16,30-31H,1-2H3. The highest BCUT2D eigenvalue weighted by Gasteiger charge is 2.34. The quantitative estimate of drug-likeness (QED) is 0.303. The Bertz CT molecular complexity index is 1450. The van der Waals surface area contributed by atoms with Crippen LogP contribution in [0.15, 0.2) is 84.9 Å². The van der Waals surface area contributed by atoms with Gasteiger partial charge < -0.3 is 10.6 Å². The third kappa shape index (κ3) is 3.77. The van der Waals surface area contributed by atoms with E-state index in [0.717, 1.165) is 11.3 Å². The first-order valence-corrected chi connectivity index (χ1v) is 11.0. The van der Waals surface area contributed by atoms with E-state index in [0.29, 0.717) is 44.9 Å². The first-order valence-electron chi connectivity index (χ1n) is 11.0. The molecule has 5 nitrogen and oxygen atoms in total. The van der Waals surface area contributed by atoms with Crippen LogP contribution in [0.25, 0.3) is 0 Å². The molecular weight excluding hydrogens is 424 g/mol. The van der Waals surface area contributed by atoms with Crippen molar-refractivity contribution in [3.63, 3.8) is 0 Å². The molecule has 0 aliphatic heterocycles. The molecule has 1 aliphatic rings. The molecule has 166 valence electrons. The Balaban J connectivity index is 1.62. The van der Waals surface area contributed by atoms with Crippen LogP contribution >= 0.6 is 0 Å². The van der Waals surface area contributed by atoms with Crippen molar-refractivity contribution in [2.24, 2.45) is 0 Å². The lowest BCUT2D eigenvalue weighted by molar-refractivity contribution is 0.0980. The van der Waals surface area contributed by atoms with Crippen LogP contribution in [0.2, 0.25) is 0 Å². The summed E-state index contributed by atoms with van der Waals surface area (Å²) in [6.45, 7) is 3.52. The molecule has 0 amide bonds. The Labute approximate surface area is 197 Å². The smallest absolute Gasteiger partial charge is 0.196 e. The number of fused-ring (bicyclic) bond motifs is 2. The largest absolute Gasteiger partial charge is 0.355 e. The number of hydrogen-bond acceptors (Lipinski definition) is 5. The topological polar surface area (TPSA) is 75.3 Å². The van der Waals surface area contributed by atoms with Gasteiger partial charge in [-0.05, 0) is 62.4 Å². The van der Waals surface area contributed by atoms with Crippen molar-refractivity contribution in [2.45, 2.75) is 13.8 Å². The monoisotopic (exact) mass is 446 g/mol. The van der Waals surface area contributed by atoms with Crippen LogP contribution in [0, 0.1) is 6.92 Å². The molecule has 0 atom stereocenters. The minimum absolute atomic E-state index is 0.0205. The number of rotatable bonds is 5. The van der Waals surface area contributed by atoms with Gasteiger partial charge in [-0.3, -0.25) is 14.4 Å². The van der Waals surface area contributed by atoms with Crippen LogP contribution in [0.1, 0.15) is 54.7 Å². The van der Waals surface area contributed by atoms with Gasteiger partial charge in [0.25, 0.3) is 0 Å². The van der Waals surface area contributed by atoms with Gasteiger partial charge in [0.15, 0.2) is 17.3 Å². The summed E-state index contributed by atoms with van der Waals surface area (Å²) >= 11 is 0. The number of nitrogens with one attached hydrogen (secondary N) is 2. The first kappa shape index (κ1) is 21.3. The maximum atomic E-state index is 13.6. The van der Waals surface area contributed by atoms with Crippen LogP contribution < -0.4 is 10.6 Å². The summed E-state index contributed by atoms with van der Waals surface area (Å²) in [5, 5.41) is 6.58. The molecule has 0 unspecified atom stereocenters. The zero-order chi connectivity index (χ0) is 23.8. The van der Waals surface area contributed by atoms with E-state index in [1.807, 2.05) is 37.3 Å². The predicted molar refractivity (Wildman–Crippen MR) is 134 cm³/mol. The SMILES string of the molecule is CC(=O)c1ccc(Nc2ccc(Nc3ccc(C)cc3)c3c2C(=O)c2ccccc2C3=O)cc1. The Morgan fingerprint density at radius 3 is 1.50 bits per heavy atom. The molecular formula is C29H22N2O3. The van der Waals surface area contributed by atoms with E-state index in [4.69, 9.17) is 0 Å². The molecule has 0 aromatic heterocycles. The van der Waals surface area contributed by atoms with E-state index in [2.05, 4.69) is 10.6 Å². The highest BCUT2D eigenvalue weighted by molar-refractivity contribution is 6.32. The summed E-state index contributed by atoms with van der Waals surface area (Å²) in [7, 11) is 0. The number of anilines is 4. The number of carbonyl (C=O) groups excluding carboxylic acids is 3. The molecule has 0 saturated carbocycles. The number of aryl methyl sites for hydroxylation is 1. The average Bonchev–Trinajstić information content (AvgIpc) is 2.85. The third-order valence-electron chi connectivity index (χ3n) is 5.98. The van der Waals surface area contributed by atoms with Gasteiger partial charge in [0.1, 0.15) is 0 Å². The van der Waals surface area contributed by atoms with E-state index in [-0.39, 0.29) is 17.3 Å². The van der Waals surface area contributed by atoms with Crippen molar-refractivity contribution in [2.75, 3.05) is 10.6 Å². The molecule has 5 rings (SSSR count). The maximum Gasteiger partial charge on any atom is 0.196 e. The van der Waals surface area contributed by atoms with Gasteiger partial charge in [-0.2, -0.15) is 0 Å². The van der Waals surface area contributed by atoms with Crippen LogP contribution in [-0.2, 0) is 0 Å². The lowest BCUT2D eigenvalue weighted by atomic mass is 9.82. The number of benzene rings is 4. The van der Waals surface area contributed by atoms with Crippen molar-refractivity contribution in [3.05, 3.63) is 118 Å². The number of Topliss-reactive ketones (excluding diaryl/α,β-unsaturated/α-hetero) is 1. The van der Waals surface area contributed by atoms with E-state index in [1.165, 1.54) is 6.92 Å². The second kappa shape index (κ2) is 8.45. The second-order valence-corrected chi connectivity index (χ2v) is 8.36. The van der Waals surface area contributed by atoms with Crippen LogP contribution in [0.3, 0.4) is 0 Å². The lowest BCUT2D eigenvalue weighted by Crippen LogP contribution is -2.23. The second-order valence-electron chi connectivity index (χ2n) is 8.36. The van der Waals surface area contributed by atoms with Crippen molar-refractivity contribution in [1.82, 2.24) is 0 Å². The fraction of sp³-hybridized carbons (Fsp3) is 0.0690. The zero-order valence-corrected chi connectivity index (χ0v) is 18.8. The van der Waals surface area contributed by atoms with Gasteiger partial charge in [0, 0.05) is 28.1 Å². The molecule has 0 fully saturated rings. The maximum absolute atomic E-state index is 13.6. The van der Waals surface area contributed by atoms with Crippen LogP contribution in [0.4, 0.5) is 22.7 Å². The summed E-state index contributed by atoms with van der Waals surface area (Å²) < 4.78 is 0. The molecule has 0 bridgehead atoms. The molecule has 34 heavy (non-hydrogen) atoms. The van der Waals surface area contributed by atoms with Gasteiger partial charge in [-0.25, -0.2) is 0 Å². The van der Waals surface area contributed by atoms with E-state index in [1.54, 1.807) is 54.6 Å². The van der Waals surface area contributed by atoms with Crippen molar-refractivity contribution < 1.29 is 14.4 Å². The van der Waals surface area contributed by atoms with Crippen LogP contribution in [0.5, 0.6) is 0 Å². The van der Waals surface area contributed by atoms with E-state index in [9.17, 15) is 14.4 Å². The highest BCUT2D eigenvalue weighted by atomic mass is 16.1. The molecule has 0 spiro atoms. The van der Waals surface area contributed by atoms with Gasteiger partial charge in [-0.15, -0.1) is 0 Å². The van der Waals surface area contributed by atoms with E-state index >= 15 is 0 Å². The number of carbonyl (C=O) groups is 3. The summed E-state index contributed by atoms with van der Waals surface area (Å²) in [5.74, 6) is -0.427. The predicted octanol–water partition coefficient (Wildman–Crippen LogP) is 6.46. The fourth-order valence-electron chi connectivity index (χ4n) is 4.17. The molecule has 4 aromatic carbocycles. The molecule has 0 saturated heterocycles. The molecule has 1 aliphatic carbocycles. The first-order chi connectivity index (χ1) is 16.4. The molecule has 2 N–H and O–H groups in total. The Kier molecular flexibility index (Phi) is 5.30. The van der Waals surface area contributed by atoms with Crippen LogP contribution in [-0.4, -0.2) is 17.3 Å². The Morgan fingerprint density at radius 2 is 1.06 bits per heavy atom. The number of hydrogen-bond donors (Lipinski definition) is 2. The summed E-state index contributed by atoms with van der Waals surface area (Å²) in [5.41, 5.74) is 5.84. The average molecular weight is 447 g/mol. The fourth-order valence-corrected chi connectivity index (χ4v) is 4.17. The zero-order valence-electron chi connectivity index (χ0n) is 18.8. The molecule has 0 heterocycles. The minimum Gasteiger partial charge on any atom is -0.355 e. The van der Waals surface area contributed by atoms with Gasteiger partial charge in [-0.1, -0.05) is 42.0 Å². The highest BCUT2D eigenvalue weighted by Crippen LogP contribution is 2.38. The summed E-state index contributed by atoms with van der Waals surface area (Å²) in [6.07, 6.45) is 0. The summed E-state index contributed by atoms with van der Waals surface area (Å²) in [6, 6.07) is 25.4.